The van der Waals surface area contributed by atoms with E-state index in [4.69, 9.17) is 4.98 Å². The maximum absolute atomic E-state index is 4.74. The lowest BCUT2D eigenvalue weighted by Crippen LogP contribution is -2.22. The Kier molecular flexibility index (Phi) is 4.16. The molecule has 1 N–H and O–H groups in total. The highest BCUT2D eigenvalue weighted by Crippen LogP contribution is 2.28. The van der Waals surface area contributed by atoms with Crippen LogP contribution in [0.3, 0.4) is 0 Å². The number of hydrogen-bond acceptors (Lipinski definition) is 4. The Balaban J connectivity index is 1.80. The van der Waals surface area contributed by atoms with Crippen molar-refractivity contribution in [1.82, 2.24) is 24.1 Å². The van der Waals surface area contributed by atoms with Crippen molar-refractivity contribution < 1.29 is 0 Å². The predicted octanol–water partition coefficient (Wildman–Crippen LogP) is 3.94. The summed E-state index contributed by atoms with van der Waals surface area (Å²) in [6.45, 7) is 4.37. The van der Waals surface area contributed by atoms with E-state index in [1.807, 2.05) is 54.3 Å². The van der Waals surface area contributed by atoms with E-state index in [1.165, 1.54) is 0 Å². The minimum atomic E-state index is 0.0634. The summed E-state index contributed by atoms with van der Waals surface area (Å²) in [4.78, 5) is 9.28. The Morgan fingerprint density at radius 2 is 1.85 bits per heavy atom. The van der Waals surface area contributed by atoms with Crippen LogP contribution >= 0.6 is 0 Å². The van der Waals surface area contributed by atoms with Crippen LogP contribution in [0, 0.1) is 5.92 Å². The molecule has 6 nitrogen and oxygen atoms in total. The zero-order chi connectivity index (χ0) is 18.1. The van der Waals surface area contributed by atoms with E-state index >= 15 is 0 Å². The molecule has 0 aliphatic carbocycles. The molecular formula is C20H22N6. The van der Waals surface area contributed by atoms with E-state index in [1.54, 1.807) is 6.20 Å². The second-order valence-corrected chi connectivity index (χ2v) is 6.76. The van der Waals surface area contributed by atoms with Crippen LogP contribution in [-0.2, 0) is 7.05 Å². The summed E-state index contributed by atoms with van der Waals surface area (Å²) in [5, 5.41) is 8.07. The van der Waals surface area contributed by atoms with E-state index in [9.17, 15) is 0 Å². The maximum atomic E-state index is 4.74. The molecular weight excluding hydrogens is 324 g/mol. The molecule has 6 heteroatoms. The van der Waals surface area contributed by atoms with Gasteiger partial charge in [-0.15, -0.1) is 0 Å². The first-order valence-corrected chi connectivity index (χ1v) is 8.77. The number of nitrogens with zero attached hydrogens (tertiary/aromatic N) is 5. The van der Waals surface area contributed by atoms with Gasteiger partial charge in [-0.3, -0.25) is 0 Å². The molecule has 0 saturated carbocycles. The number of fused-ring (bicyclic) bond motifs is 1. The molecule has 3 heterocycles. The average molecular weight is 346 g/mol. The summed E-state index contributed by atoms with van der Waals surface area (Å²) in [6, 6.07) is 14.2. The van der Waals surface area contributed by atoms with Crippen LogP contribution in [-0.4, -0.2) is 24.1 Å². The van der Waals surface area contributed by atoms with Gasteiger partial charge in [0.05, 0.1) is 17.9 Å². The van der Waals surface area contributed by atoms with Crippen molar-refractivity contribution >= 4 is 11.5 Å². The van der Waals surface area contributed by atoms with E-state index in [-0.39, 0.29) is 6.04 Å². The second kappa shape index (κ2) is 6.63. The third kappa shape index (κ3) is 2.94. The zero-order valence-corrected chi connectivity index (χ0v) is 15.2. The van der Waals surface area contributed by atoms with Gasteiger partial charge in [-0.05, 0) is 5.92 Å². The largest absolute Gasteiger partial charge is 0.360 e. The Morgan fingerprint density at radius 1 is 1.04 bits per heavy atom. The minimum Gasteiger partial charge on any atom is -0.360 e. The van der Waals surface area contributed by atoms with Crippen LogP contribution in [0.1, 0.15) is 25.7 Å². The van der Waals surface area contributed by atoms with E-state index in [0.29, 0.717) is 5.92 Å². The molecule has 4 aromatic rings. The molecule has 1 aromatic carbocycles. The van der Waals surface area contributed by atoms with Crippen LogP contribution < -0.4 is 5.32 Å². The molecule has 4 rings (SSSR count). The Hall–Kier alpha value is -3.15. The fourth-order valence-corrected chi connectivity index (χ4v) is 3.14. The van der Waals surface area contributed by atoms with E-state index < -0.39 is 0 Å². The number of imidazole rings is 1. The van der Waals surface area contributed by atoms with Crippen LogP contribution in [0.25, 0.3) is 16.9 Å². The van der Waals surface area contributed by atoms with Crippen molar-refractivity contribution in [1.29, 1.82) is 0 Å². The van der Waals surface area contributed by atoms with Gasteiger partial charge in [-0.2, -0.15) is 9.61 Å². The maximum Gasteiger partial charge on any atom is 0.157 e. The van der Waals surface area contributed by atoms with Gasteiger partial charge in [-0.1, -0.05) is 44.2 Å². The molecule has 0 amide bonds. The molecule has 3 aromatic heterocycles. The number of hydrogen-bond donors (Lipinski definition) is 1. The van der Waals surface area contributed by atoms with Gasteiger partial charge in [0.15, 0.2) is 5.65 Å². The van der Waals surface area contributed by atoms with Crippen LogP contribution in [0.15, 0.2) is 61.1 Å². The Bertz CT molecular complexity index is 1020. The molecule has 26 heavy (non-hydrogen) atoms. The third-order valence-electron chi connectivity index (χ3n) is 4.54. The first-order chi connectivity index (χ1) is 12.6. The standard InChI is InChI=1S/C20H22N6/c1-14(2)19(20-21-11-12-25(20)3)24-18-13-16(15-7-5-4-6-8-15)23-17-9-10-22-26(17)18/h4-14,19,24H,1-3H3. The fraction of sp³-hybridized carbons (Fsp3) is 0.250. The Labute approximate surface area is 152 Å². The first-order valence-electron chi connectivity index (χ1n) is 8.77. The highest BCUT2D eigenvalue weighted by atomic mass is 15.3. The number of anilines is 1. The summed E-state index contributed by atoms with van der Waals surface area (Å²) in [6.07, 6.45) is 5.57. The predicted molar refractivity (Wildman–Crippen MR) is 103 cm³/mol. The first kappa shape index (κ1) is 16.3. The summed E-state index contributed by atoms with van der Waals surface area (Å²) in [7, 11) is 2.02. The quantitative estimate of drug-likeness (QED) is 0.595. The highest BCUT2D eigenvalue weighted by Gasteiger charge is 2.21. The van der Waals surface area contributed by atoms with Crippen LogP contribution in [0.5, 0.6) is 0 Å². The van der Waals surface area contributed by atoms with Crippen LogP contribution in [0.2, 0.25) is 0 Å². The minimum absolute atomic E-state index is 0.0634. The van der Waals surface area contributed by atoms with Crippen molar-refractivity contribution in [2.45, 2.75) is 19.9 Å². The molecule has 0 saturated heterocycles. The highest BCUT2D eigenvalue weighted by molar-refractivity contribution is 5.66. The normalized spacial score (nSPS) is 12.6. The number of nitrogens with one attached hydrogen (secondary N) is 1. The number of aryl methyl sites for hydroxylation is 1. The molecule has 0 aliphatic heterocycles. The van der Waals surface area contributed by atoms with Gasteiger partial charge in [0.1, 0.15) is 11.6 Å². The second-order valence-electron chi connectivity index (χ2n) is 6.76. The number of benzene rings is 1. The molecule has 0 radical (unpaired) electrons. The average Bonchev–Trinajstić information content (AvgIpc) is 3.28. The van der Waals surface area contributed by atoms with E-state index in [0.717, 1.165) is 28.5 Å². The van der Waals surface area contributed by atoms with Gasteiger partial charge >= 0.3 is 0 Å². The SMILES string of the molecule is CC(C)C(Nc1cc(-c2ccccc2)nc2ccnn12)c1nccn1C. The van der Waals surface area contributed by atoms with Crippen LogP contribution in [0.4, 0.5) is 5.82 Å². The van der Waals surface area contributed by atoms with Crippen molar-refractivity contribution in [2.24, 2.45) is 13.0 Å². The molecule has 132 valence electrons. The van der Waals surface area contributed by atoms with Gasteiger partial charge < -0.3 is 9.88 Å². The molecule has 0 spiro atoms. The van der Waals surface area contributed by atoms with Gasteiger partial charge in [0, 0.05) is 37.1 Å². The number of aromatic nitrogens is 5. The lowest BCUT2D eigenvalue weighted by molar-refractivity contribution is 0.505. The van der Waals surface area contributed by atoms with Gasteiger partial charge in [0.2, 0.25) is 0 Å². The summed E-state index contributed by atoms with van der Waals surface area (Å²) in [5.41, 5.74) is 2.82. The molecule has 0 aliphatic rings. The topological polar surface area (TPSA) is 60.0 Å². The molecule has 1 unspecified atom stereocenters. The van der Waals surface area contributed by atoms with E-state index in [2.05, 4.69) is 45.9 Å². The van der Waals surface area contributed by atoms with Gasteiger partial charge in [0.25, 0.3) is 0 Å². The molecule has 0 bridgehead atoms. The lowest BCUT2D eigenvalue weighted by atomic mass is 10.0. The number of rotatable bonds is 5. The third-order valence-corrected chi connectivity index (χ3v) is 4.54. The van der Waals surface area contributed by atoms with Crippen molar-refractivity contribution in [3.63, 3.8) is 0 Å². The molecule has 1 atom stereocenters. The van der Waals surface area contributed by atoms with Crippen molar-refractivity contribution in [2.75, 3.05) is 5.32 Å². The Morgan fingerprint density at radius 3 is 2.54 bits per heavy atom. The smallest absolute Gasteiger partial charge is 0.157 e. The van der Waals surface area contributed by atoms with Crippen molar-refractivity contribution in [3.05, 3.63) is 66.9 Å². The monoisotopic (exact) mass is 346 g/mol. The summed E-state index contributed by atoms with van der Waals surface area (Å²) >= 11 is 0. The summed E-state index contributed by atoms with van der Waals surface area (Å²) in [5.74, 6) is 2.26. The lowest BCUT2D eigenvalue weighted by Gasteiger charge is -2.23. The zero-order valence-electron chi connectivity index (χ0n) is 15.2. The summed E-state index contributed by atoms with van der Waals surface area (Å²) < 4.78 is 3.89. The fourth-order valence-electron chi connectivity index (χ4n) is 3.14. The molecule has 0 fully saturated rings. The van der Waals surface area contributed by atoms with Gasteiger partial charge in [-0.25, -0.2) is 9.97 Å². The van der Waals surface area contributed by atoms with Crippen molar-refractivity contribution in [3.8, 4) is 11.3 Å².